The van der Waals surface area contributed by atoms with Crippen LogP contribution in [0.1, 0.15) is 33.6 Å². The Kier molecular flexibility index (Phi) is 6.87. The molecule has 1 saturated heterocycles. The molecule has 0 amide bonds. The topological polar surface area (TPSA) is 85.9 Å². The van der Waals surface area contributed by atoms with E-state index >= 15 is 0 Å². The van der Waals surface area contributed by atoms with Crippen LogP contribution in [0.4, 0.5) is 0 Å². The van der Waals surface area contributed by atoms with E-state index in [9.17, 15) is 4.79 Å². The Hall–Kier alpha value is -1.21. The minimum absolute atomic E-state index is 0.110. The van der Waals surface area contributed by atoms with Gasteiger partial charge in [0.05, 0.1) is 12.5 Å². The van der Waals surface area contributed by atoms with Crippen LogP contribution in [-0.4, -0.2) is 36.1 Å². The summed E-state index contributed by atoms with van der Waals surface area (Å²) in [5.74, 6) is 0.121. The molecular weight excluding hydrogens is 278 g/mol. The minimum atomic E-state index is -0.187. The number of nitrogens with zero attached hydrogens (tertiary/aromatic N) is 1. The van der Waals surface area contributed by atoms with Crippen LogP contribution in [0.2, 0.25) is 0 Å². The van der Waals surface area contributed by atoms with Gasteiger partial charge in [-0.3, -0.25) is 10.2 Å². The summed E-state index contributed by atoms with van der Waals surface area (Å²) < 4.78 is 10.8. The molecule has 1 aliphatic heterocycles. The summed E-state index contributed by atoms with van der Waals surface area (Å²) in [4.78, 5) is 11.8. The Morgan fingerprint density at radius 1 is 1.65 bits per heavy atom. The highest BCUT2D eigenvalue weighted by molar-refractivity contribution is 7.80. The number of ether oxygens (including phenoxy) is 2. The van der Waals surface area contributed by atoms with Crippen molar-refractivity contribution in [2.24, 2.45) is 22.7 Å². The summed E-state index contributed by atoms with van der Waals surface area (Å²) >= 11 is 4.66. The maximum absolute atomic E-state index is 11.8. The first-order valence-corrected chi connectivity index (χ1v) is 7.16. The summed E-state index contributed by atoms with van der Waals surface area (Å²) in [6, 6.07) is 0. The molecule has 1 rings (SSSR count). The van der Waals surface area contributed by atoms with Gasteiger partial charge in [-0.25, -0.2) is 0 Å². The number of nitrogens with two attached hydrogens (primary N) is 1. The molecule has 0 aliphatic carbocycles. The molecule has 0 spiro atoms. The number of hydrogen-bond donors (Lipinski definition) is 2. The van der Waals surface area contributed by atoms with Crippen molar-refractivity contribution in [3.8, 4) is 0 Å². The number of hydrogen-bond acceptors (Lipinski definition) is 5. The van der Waals surface area contributed by atoms with E-state index in [2.05, 4.69) is 36.6 Å². The summed E-state index contributed by atoms with van der Waals surface area (Å²) in [7, 11) is 0. The van der Waals surface area contributed by atoms with Crippen LogP contribution < -0.4 is 11.2 Å². The number of esters is 1. The Morgan fingerprint density at radius 2 is 2.35 bits per heavy atom. The molecule has 114 valence electrons. The van der Waals surface area contributed by atoms with E-state index in [0.717, 1.165) is 5.71 Å². The highest BCUT2D eigenvalue weighted by Crippen LogP contribution is 2.24. The van der Waals surface area contributed by atoms with Gasteiger partial charge in [0, 0.05) is 25.2 Å². The fourth-order valence-electron chi connectivity index (χ4n) is 1.98. The molecule has 0 aromatic rings. The number of carbonyl (C=O) groups is 1. The average molecular weight is 301 g/mol. The lowest BCUT2D eigenvalue weighted by molar-refractivity contribution is -0.146. The third-order valence-electron chi connectivity index (χ3n) is 2.82. The lowest BCUT2D eigenvalue weighted by Gasteiger charge is -2.11. The van der Waals surface area contributed by atoms with Crippen molar-refractivity contribution in [1.82, 2.24) is 5.43 Å². The largest absolute Gasteiger partial charge is 0.460 e. The van der Waals surface area contributed by atoms with E-state index in [-0.39, 0.29) is 23.1 Å². The van der Waals surface area contributed by atoms with Crippen molar-refractivity contribution in [2.75, 3.05) is 13.2 Å². The van der Waals surface area contributed by atoms with Crippen LogP contribution in [0.3, 0.4) is 0 Å². The highest BCUT2D eigenvalue weighted by atomic mass is 32.1. The van der Waals surface area contributed by atoms with Crippen molar-refractivity contribution < 1.29 is 14.3 Å². The molecular formula is C13H23N3O3S. The lowest BCUT2D eigenvalue weighted by Crippen LogP contribution is -2.25. The minimum Gasteiger partial charge on any atom is -0.460 e. The van der Waals surface area contributed by atoms with Gasteiger partial charge in [0.25, 0.3) is 0 Å². The molecule has 0 bridgehead atoms. The first kappa shape index (κ1) is 16.8. The molecule has 1 aliphatic rings. The number of hydrazone groups is 1. The fraction of sp³-hybridized carbons (Fsp3) is 0.769. The van der Waals surface area contributed by atoms with E-state index in [0.29, 0.717) is 32.0 Å². The number of nitrogens with one attached hydrogen (secondary N) is 1. The highest BCUT2D eigenvalue weighted by Gasteiger charge is 2.34. The SMILES string of the molecule is C/C(C[C@@H]1C[C@H](COCC(C)C)OC1=O)=N/NC(N)=S. The van der Waals surface area contributed by atoms with Crippen LogP contribution in [0, 0.1) is 11.8 Å². The van der Waals surface area contributed by atoms with Crippen LogP contribution in [-0.2, 0) is 14.3 Å². The number of carbonyl (C=O) groups excluding carboxylic acids is 1. The predicted octanol–water partition coefficient (Wildman–Crippen LogP) is 1.19. The summed E-state index contributed by atoms with van der Waals surface area (Å²) in [5.41, 5.74) is 8.56. The quantitative estimate of drug-likeness (QED) is 0.318. The van der Waals surface area contributed by atoms with Crippen molar-refractivity contribution in [1.29, 1.82) is 0 Å². The van der Waals surface area contributed by atoms with Gasteiger partial charge in [-0.05, 0) is 25.1 Å². The van der Waals surface area contributed by atoms with E-state index in [1.807, 2.05) is 6.92 Å². The Morgan fingerprint density at radius 3 is 2.95 bits per heavy atom. The predicted molar refractivity (Wildman–Crippen MR) is 81.3 cm³/mol. The summed E-state index contributed by atoms with van der Waals surface area (Å²) in [5, 5.41) is 4.10. The zero-order valence-corrected chi connectivity index (χ0v) is 13.0. The van der Waals surface area contributed by atoms with Gasteiger partial charge in [-0.2, -0.15) is 5.10 Å². The normalized spacial score (nSPS) is 23.0. The molecule has 0 radical (unpaired) electrons. The van der Waals surface area contributed by atoms with Gasteiger partial charge >= 0.3 is 5.97 Å². The first-order valence-electron chi connectivity index (χ1n) is 6.75. The maximum atomic E-state index is 11.8. The average Bonchev–Trinajstić information content (AvgIpc) is 2.67. The Labute approximate surface area is 125 Å². The number of cyclic esters (lactones) is 1. The second kappa shape index (κ2) is 8.16. The molecule has 0 unspecified atom stereocenters. The fourth-order valence-corrected chi connectivity index (χ4v) is 2.02. The molecule has 1 fully saturated rings. The van der Waals surface area contributed by atoms with Crippen molar-refractivity contribution in [3.05, 3.63) is 0 Å². The maximum Gasteiger partial charge on any atom is 0.309 e. The third kappa shape index (κ3) is 6.29. The molecule has 20 heavy (non-hydrogen) atoms. The van der Waals surface area contributed by atoms with Gasteiger partial charge in [-0.1, -0.05) is 13.8 Å². The smallest absolute Gasteiger partial charge is 0.309 e. The van der Waals surface area contributed by atoms with Gasteiger partial charge in [-0.15, -0.1) is 0 Å². The van der Waals surface area contributed by atoms with E-state index in [1.54, 1.807) is 0 Å². The summed E-state index contributed by atoms with van der Waals surface area (Å²) in [6.45, 7) is 7.12. The third-order valence-corrected chi connectivity index (χ3v) is 2.91. The van der Waals surface area contributed by atoms with Gasteiger partial charge < -0.3 is 15.2 Å². The Balaban J connectivity index is 2.35. The van der Waals surface area contributed by atoms with Crippen molar-refractivity contribution >= 4 is 29.0 Å². The van der Waals surface area contributed by atoms with Crippen LogP contribution in [0.25, 0.3) is 0 Å². The standard InChI is InChI=1S/C13H23N3O3S/c1-8(2)6-18-7-11-5-10(12(17)19-11)4-9(3)15-16-13(14)20/h8,10-11H,4-7H2,1-3H3,(H3,14,16,20)/b15-9-/t10-,11-/m1/s1. The summed E-state index contributed by atoms with van der Waals surface area (Å²) in [6.07, 6.45) is 1.05. The van der Waals surface area contributed by atoms with Gasteiger partial charge in [0.15, 0.2) is 5.11 Å². The number of rotatable bonds is 7. The van der Waals surface area contributed by atoms with Crippen molar-refractivity contribution in [2.45, 2.75) is 39.7 Å². The molecule has 0 saturated carbocycles. The van der Waals surface area contributed by atoms with E-state index in [1.165, 1.54) is 0 Å². The first-order chi connectivity index (χ1) is 9.38. The molecule has 0 aromatic carbocycles. The molecule has 2 atom stereocenters. The van der Waals surface area contributed by atoms with Crippen LogP contribution >= 0.6 is 12.2 Å². The molecule has 1 heterocycles. The molecule has 0 aromatic heterocycles. The Bertz CT molecular complexity index is 385. The van der Waals surface area contributed by atoms with Crippen LogP contribution in [0.15, 0.2) is 5.10 Å². The second-order valence-corrected chi connectivity index (χ2v) is 5.89. The van der Waals surface area contributed by atoms with Crippen LogP contribution in [0.5, 0.6) is 0 Å². The zero-order valence-electron chi connectivity index (χ0n) is 12.2. The van der Waals surface area contributed by atoms with Gasteiger partial charge in [0.2, 0.25) is 0 Å². The zero-order chi connectivity index (χ0) is 15.1. The number of thiocarbonyl (C=S) groups is 1. The molecule has 3 N–H and O–H groups in total. The molecule has 7 heteroatoms. The molecule has 6 nitrogen and oxygen atoms in total. The van der Waals surface area contributed by atoms with Gasteiger partial charge in [0.1, 0.15) is 6.10 Å². The second-order valence-electron chi connectivity index (χ2n) is 5.45. The van der Waals surface area contributed by atoms with E-state index in [4.69, 9.17) is 15.2 Å². The van der Waals surface area contributed by atoms with Crippen molar-refractivity contribution in [3.63, 3.8) is 0 Å². The lowest BCUT2D eigenvalue weighted by atomic mass is 9.99. The monoisotopic (exact) mass is 301 g/mol. The van der Waals surface area contributed by atoms with E-state index < -0.39 is 0 Å².